The first kappa shape index (κ1) is 21.8. The molecule has 7 heteroatoms. The van der Waals surface area contributed by atoms with Gasteiger partial charge >= 0.3 is 12.0 Å². The van der Waals surface area contributed by atoms with Crippen LogP contribution in [-0.4, -0.2) is 21.7 Å². The summed E-state index contributed by atoms with van der Waals surface area (Å²) in [7, 11) is 0. The molecule has 2 amide bonds. The Labute approximate surface area is 180 Å². The number of anilines is 1. The molecule has 3 rings (SSSR count). The predicted octanol–water partition coefficient (Wildman–Crippen LogP) is 3.85. The van der Waals surface area contributed by atoms with E-state index in [1.54, 1.807) is 24.4 Å². The van der Waals surface area contributed by atoms with Gasteiger partial charge in [0.2, 0.25) is 0 Å². The van der Waals surface area contributed by atoms with Gasteiger partial charge in [-0.1, -0.05) is 59.7 Å². The van der Waals surface area contributed by atoms with Crippen LogP contribution in [-0.2, 0) is 11.3 Å². The third-order valence-electron chi connectivity index (χ3n) is 4.91. The van der Waals surface area contributed by atoms with Crippen molar-refractivity contribution in [3.05, 3.63) is 99.5 Å². The fourth-order valence-electron chi connectivity index (χ4n) is 3.19. The largest absolute Gasteiger partial charge is 0.481 e. The number of pyridine rings is 1. The number of rotatable bonds is 7. The molecule has 0 radical (unpaired) electrons. The van der Waals surface area contributed by atoms with Gasteiger partial charge in [-0.15, -0.1) is 0 Å². The number of carbonyl (C=O) groups is 2. The first-order valence-electron chi connectivity index (χ1n) is 9.92. The summed E-state index contributed by atoms with van der Waals surface area (Å²) >= 11 is 0. The highest BCUT2D eigenvalue weighted by Gasteiger charge is 2.19. The fraction of sp³-hybridized carbons (Fsp3) is 0.208. The molecule has 1 unspecified atom stereocenters. The first-order chi connectivity index (χ1) is 14.8. The highest BCUT2D eigenvalue weighted by Crippen LogP contribution is 2.18. The minimum atomic E-state index is -1.04. The number of benzene rings is 2. The summed E-state index contributed by atoms with van der Waals surface area (Å²) in [5.74, 6) is -1.04. The molecule has 1 heterocycles. The van der Waals surface area contributed by atoms with Crippen LogP contribution in [0.25, 0.3) is 0 Å². The van der Waals surface area contributed by atoms with Crippen LogP contribution < -0.4 is 16.2 Å². The molecule has 0 aliphatic heterocycles. The number of carbonyl (C=O) groups excluding carboxylic acids is 1. The normalized spacial score (nSPS) is 11.5. The maximum absolute atomic E-state index is 12.8. The fourth-order valence-corrected chi connectivity index (χ4v) is 3.19. The van der Waals surface area contributed by atoms with Gasteiger partial charge in [0, 0.05) is 6.20 Å². The van der Waals surface area contributed by atoms with E-state index < -0.39 is 18.0 Å². The SMILES string of the molecule is Cc1ccc(Cn2cccc(NC(=O)NC(CC(=O)O)c3ccc(C)cc3)c2=O)cc1. The van der Waals surface area contributed by atoms with E-state index in [1.807, 2.05) is 50.2 Å². The molecular formula is C24H25N3O4. The molecule has 160 valence electrons. The molecule has 1 atom stereocenters. The third kappa shape index (κ3) is 6.05. The van der Waals surface area contributed by atoms with E-state index in [4.69, 9.17) is 0 Å². The number of aliphatic carboxylic acids is 1. The van der Waals surface area contributed by atoms with Crippen molar-refractivity contribution in [3.63, 3.8) is 0 Å². The van der Waals surface area contributed by atoms with Crippen LogP contribution in [0.15, 0.2) is 71.7 Å². The molecule has 0 saturated carbocycles. The van der Waals surface area contributed by atoms with Crippen LogP contribution in [0, 0.1) is 13.8 Å². The van der Waals surface area contributed by atoms with Crippen LogP contribution in [0.5, 0.6) is 0 Å². The van der Waals surface area contributed by atoms with Crippen LogP contribution in [0.3, 0.4) is 0 Å². The van der Waals surface area contributed by atoms with Crippen molar-refractivity contribution in [2.45, 2.75) is 32.9 Å². The monoisotopic (exact) mass is 419 g/mol. The molecule has 0 aliphatic carbocycles. The molecule has 3 aromatic rings. The van der Waals surface area contributed by atoms with Crippen molar-refractivity contribution in [1.82, 2.24) is 9.88 Å². The van der Waals surface area contributed by atoms with E-state index in [0.717, 1.165) is 16.7 Å². The molecule has 2 aromatic carbocycles. The maximum Gasteiger partial charge on any atom is 0.319 e. The Morgan fingerprint density at radius 2 is 1.58 bits per heavy atom. The Kier molecular flexibility index (Phi) is 6.87. The molecule has 0 aliphatic rings. The Hall–Kier alpha value is -3.87. The van der Waals surface area contributed by atoms with Crippen LogP contribution in [0.2, 0.25) is 0 Å². The van der Waals surface area contributed by atoms with E-state index in [0.29, 0.717) is 12.1 Å². The third-order valence-corrected chi connectivity index (χ3v) is 4.91. The summed E-state index contributed by atoms with van der Waals surface area (Å²) in [4.78, 5) is 36.6. The zero-order valence-electron chi connectivity index (χ0n) is 17.5. The van der Waals surface area contributed by atoms with E-state index in [1.165, 1.54) is 10.6 Å². The van der Waals surface area contributed by atoms with Gasteiger partial charge in [0.15, 0.2) is 0 Å². The summed E-state index contributed by atoms with van der Waals surface area (Å²) in [5.41, 5.74) is 3.57. The molecule has 31 heavy (non-hydrogen) atoms. The second-order valence-corrected chi connectivity index (χ2v) is 7.50. The second kappa shape index (κ2) is 9.75. The molecule has 3 N–H and O–H groups in total. The summed E-state index contributed by atoms with van der Waals surface area (Å²) in [6.45, 7) is 4.29. The molecule has 0 spiro atoms. The van der Waals surface area contributed by atoms with E-state index in [-0.39, 0.29) is 17.7 Å². The van der Waals surface area contributed by atoms with Crippen molar-refractivity contribution in [2.75, 3.05) is 5.32 Å². The zero-order valence-corrected chi connectivity index (χ0v) is 17.5. The lowest BCUT2D eigenvalue weighted by molar-refractivity contribution is -0.137. The minimum absolute atomic E-state index is 0.116. The first-order valence-corrected chi connectivity index (χ1v) is 9.92. The summed E-state index contributed by atoms with van der Waals surface area (Å²) < 4.78 is 1.51. The standard InChI is InChI=1S/C24H25N3O4/c1-16-5-9-18(10-6-16)15-27-13-3-4-20(23(27)30)25-24(31)26-21(14-22(28)29)19-11-7-17(2)8-12-19/h3-13,21H,14-15H2,1-2H3,(H,28,29)(H2,25,26,31). The van der Waals surface area contributed by atoms with Crippen LogP contribution >= 0.6 is 0 Å². The van der Waals surface area contributed by atoms with E-state index >= 15 is 0 Å². The van der Waals surface area contributed by atoms with Crippen molar-refractivity contribution < 1.29 is 14.7 Å². The van der Waals surface area contributed by atoms with Gasteiger partial charge in [0.25, 0.3) is 5.56 Å². The lowest BCUT2D eigenvalue weighted by Gasteiger charge is -2.18. The van der Waals surface area contributed by atoms with Gasteiger partial charge in [-0.2, -0.15) is 0 Å². The van der Waals surface area contributed by atoms with Gasteiger partial charge in [-0.05, 0) is 37.1 Å². The number of carboxylic acids is 1. The number of nitrogens with zero attached hydrogens (tertiary/aromatic N) is 1. The topological polar surface area (TPSA) is 100 Å². The average Bonchev–Trinajstić information content (AvgIpc) is 2.72. The maximum atomic E-state index is 12.8. The molecule has 1 aromatic heterocycles. The Bertz CT molecular complexity index is 1120. The summed E-state index contributed by atoms with van der Waals surface area (Å²) in [6, 6.07) is 16.9. The van der Waals surface area contributed by atoms with Crippen molar-refractivity contribution in [3.8, 4) is 0 Å². The van der Waals surface area contributed by atoms with Gasteiger partial charge in [-0.25, -0.2) is 4.79 Å². The zero-order chi connectivity index (χ0) is 22.4. The molecule has 0 fully saturated rings. The van der Waals surface area contributed by atoms with E-state index in [9.17, 15) is 19.5 Å². The second-order valence-electron chi connectivity index (χ2n) is 7.50. The number of aromatic nitrogens is 1. The number of hydrogen-bond donors (Lipinski definition) is 3. The summed E-state index contributed by atoms with van der Waals surface area (Å²) in [5, 5.41) is 14.4. The van der Waals surface area contributed by atoms with Crippen molar-refractivity contribution >= 4 is 17.7 Å². The number of carboxylic acid groups (broad SMARTS) is 1. The summed E-state index contributed by atoms with van der Waals surface area (Å²) in [6.07, 6.45) is 1.38. The number of aryl methyl sites for hydroxylation is 2. The number of nitrogens with one attached hydrogen (secondary N) is 2. The van der Waals surface area contributed by atoms with Gasteiger partial charge in [0.05, 0.1) is 19.0 Å². The highest BCUT2D eigenvalue weighted by molar-refractivity contribution is 5.89. The predicted molar refractivity (Wildman–Crippen MR) is 119 cm³/mol. The quantitative estimate of drug-likeness (QED) is 0.541. The van der Waals surface area contributed by atoms with Crippen LogP contribution in [0.1, 0.15) is 34.7 Å². The lowest BCUT2D eigenvalue weighted by atomic mass is 10.0. The van der Waals surface area contributed by atoms with Crippen molar-refractivity contribution in [1.29, 1.82) is 0 Å². The number of amides is 2. The Morgan fingerprint density at radius 3 is 2.19 bits per heavy atom. The van der Waals surface area contributed by atoms with E-state index in [2.05, 4.69) is 10.6 Å². The van der Waals surface area contributed by atoms with Gasteiger partial charge in [0.1, 0.15) is 5.69 Å². The number of hydrogen-bond acceptors (Lipinski definition) is 3. The van der Waals surface area contributed by atoms with Crippen LogP contribution in [0.4, 0.5) is 10.5 Å². The Balaban J connectivity index is 1.74. The molecule has 7 nitrogen and oxygen atoms in total. The number of urea groups is 1. The van der Waals surface area contributed by atoms with Gasteiger partial charge < -0.3 is 20.3 Å². The molecule has 0 bridgehead atoms. The highest BCUT2D eigenvalue weighted by atomic mass is 16.4. The smallest absolute Gasteiger partial charge is 0.319 e. The van der Waals surface area contributed by atoms with Crippen molar-refractivity contribution in [2.24, 2.45) is 0 Å². The average molecular weight is 419 g/mol. The van der Waals surface area contributed by atoms with Gasteiger partial charge in [-0.3, -0.25) is 9.59 Å². The molecular weight excluding hydrogens is 394 g/mol. The Morgan fingerprint density at radius 1 is 0.968 bits per heavy atom. The lowest BCUT2D eigenvalue weighted by Crippen LogP contribution is -2.36. The minimum Gasteiger partial charge on any atom is -0.481 e. The molecule has 0 saturated heterocycles.